The second kappa shape index (κ2) is 10.2. The zero-order chi connectivity index (χ0) is 23.7. The largest absolute Gasteiger partial charge is 0.383 e. The van der Waals surface area contributed by atoms with Crippen molar-refractivity contribution in [1.82, 2.24) is 14.8 Å². The predicted octanol–water partition coefficient (Wildman–Crippen LogP) is 1.96. The van der Waals surface area contributed by atoms with Crippen molar-refractivity contribution in [1.29, 1.82) is 0 Å². The summed E-state index contributed by atoms with van der Waals surface area (Å²) < 4.78 is 23.2. The van der Waals surface area contributed by atoms with E-state index in [-0.39, 0.29) is 30.2 Å². The van der Waals surface area contributed by atoms with Gasteiger partial charge in [-0.1, -0.05) is 6.07 Å². The smallest absolute Gasteiger partial charge is 0.231 e. The Balaban J connectivity index is 1.36. The molecule has 3 aliphatic heterocycles. The Hall–Kier alpha value is -1.58. The van der Waals surface area contributed by atoms with Crippen LogP contribution < -0.4 is 0 Å². The SMILES string of the molecule is COCCN([C@@H]1C[C@H]2OCC[C@@]2(C(=O)N2CCc3ncc(C)cc3C2)C1)[C@H]1CCOC[C@H]1OC. The molecule has 1 amide bonds. The Morgan fingerprint density at radius 3 is 3.06 bits per heavy atom. The Morgan fingerprint density at radius 1 is 1.35 bits per heavy atom. The second-order valence-corrected chi connectivity index (χ2v) is 10.4. The monoisotopic (exact) mass is 473 g/mol. The van der Waals surface area contributed by atoms with Gasteiger partial charge >= 0.3 is 0 Å². The summed E-state index contributed by atoms with van der Waals surface area (Å²) in [5, 5.41) is 0. The minimum atomic E-state index is -0.432. The van der Waals surface area contributed by atoms with Gasteiger partial charge in [0.25, 0.3) is 0 Å². The number of ether oxygens (including phenoxy) is 4. The molecule has 0 bridgehead atoms. The van der Waals surface area contributed by atoms with Gasteiger partial charge in [-0.3, -0.25) is 14.7 Å². The van der Waals surface area contributed by atoms with Crippen LogP contribution in [0.15, 0.2) is 12.3 Å². The van der Waals surface area contributed by atoms with Crippen molar-refractivity contribution in [3.8, 4) is 0 Å². The summed E-state index contributed by atoms with van der Waals surface area (Å²) in [4.78, 5) is 23.3. The van der Waals surface area contributed by atoms with Crippen molar-refractivity contribution in [2.45, 2.75) is 69.9 Å². The van der Waals surface area contributed by atoms with Gasteiger partial charge in [0, 0.05) is 77.5 Å². The van der Waals surface area contributed by atoms with Gasteiger partial charge in [-0.25, -0.2) is 0 Å². The summed E-state index contributed by atoms with van der Waals surface area (Å²) in [6, 6.07) is 2.72. The van der Waals surface area contributed by atoms with Crippen molar-refractivity contribution in [3.63, 3.8) is 0 Å². The molecule has 8 nitrogen and oxygen atoms in total. The molecule has 4 aliphatic rings. The van der Waals surface area contributed by atoms with E-state index in [0.717, 1.165) is 63.1 Å². The van der Waals surface area contributed by atoms with Crippen LogP contribution in [0.25, 0.3) is 0 Å². The highest BCUT2D eigenvalue weighted by Crippen LogP contribution is 2.51. The van der Waals surface area contributed by atoms with Gasteiger partial charge in [0.05, 0.1) is 30.8 Å². The second-order valence-electron chi connectivity index (χ2n) is 10.4. The molecule has 5 atom stereocenters. The molecule has 5 rings (SSSR count). The Labute approximate surface area is 202 Å². The number of carbonyl (C=O) groups is 1. The topological polar surface area (TPSA) is 73.4 Å². The molecule has 1 aromatic heterocycles. The van der Waals surface area contributed by atoms with E-state index in [2.05, 4.69) is 27.8 Å². The number of nitrogens with zero attached hydrogens (tertiary/aromatic N) is 3. The maximum absolute atomic E-state index is 14.1. The van der Waals surface area contributed by atoms with Crippen molar-refractivity contribution >= 4 is 5.91 Å². The average molecular weight is 474 g/mol. The molecule has 1 aromatic rings. The zero-order valence-electron chi connectivity index (χ0n) is 20.8. The fraction of sp³-hybridized carbons (Fsp3) is 0.769. The number of aromatic nitrogens is 1. The van der Waals surface area contributed by atoms with E-state index < -0.39 is 5.41 Å². The molecule has 3 fully saturated rings. The summed E-state index contributed by atoms with van der Waals surface area (Å²) in [5.74, 6) is 0.270. The fourth-order valence-electron chi connectivity index (χ4n) is 6.72. The van der Waals surface area contributed by atoms with E-state index in [1.807, 2.05) is 6.20 Å². The van der Waals surface area contributed by atoms with Gasteiger partial charge in [-0.2, -0.15) is 0 Å². The number of hydrogen-bond acceptors (Lipinski definition) is 7. The molecular weight excluding hydrogens is 434 g/mol. The predicted molar refractivity (Wildman–Crippen MR) is 127 cm³/mol. The molecule has 0 unspecified atom stereocenters. The van der Waals surface area contributed by atoms with Crippen molar-refractivity contribution < 1.29 is 23.7 Å². The summed E-state index contributed by atoms with van der Waals surface area (Å²) in [5.41, 5.74) is 3.03. The number of pyridine rings is 1. The molecule has 34 heavy (non-hydrogen) atoms. The van der Waals surface area contributed by atoms with E-state index in [4.69, 9.17) is 18.9 Å². The lowest BCUT2D eigenvalue weighted by atomic mass is 9.80. The third-order valence-corrected chi connectivity index (χ3v) is 8.48. The first-order chi connectivity index (χ1) is 16.6. The standard InChI is InChI=1S/C26H39N3O5/c1-18-12-19-16-28(7-4-21(19)27-15-18)25(30)26-6-10-34-24(26)13-20(14-26)29(8-11-31-2)22-5-9-33-17-23(22)32-3/h12,15,20,22-24H,4-11,13-14,16-17H2,1-3H3/t20-,22+,23-,24-,26-/m1/s1. The third-order valence-electron chi connectivity index (χ3n) is 8.48. The molecule has 1 saturated carbocycles. The molecule has 1 aliphatic carbocycles. The summed E-state index contributed by atoms with van der Waals surface area (Å²) in [6.45, 7) is 6.96. The van der Waals surface area contributed by atoms with E-state index in [9.17, 15) is 4.79 Å². The highest BCUT2D eigenvalue weighted by molar-refractivity contribution is 5.84. The first-order valence-corrected chi connectivity index (χ1v) is 12.8. The molecule has 0 radical (unpaired) electrons. The highest BCUT2D eigenvalue weighted by atomic mass is 16.5. The molecule has 0 spiro atoms. The summed E-state index contributed by atoms with van der Waals surface area (Å²) in [7, 11) is 3.52. The Morgan fingerprint density at radius 2 is 2.24 bits per heavy atom. The van der Waals surface area contributed by atoms with E-state index in [1.165, 1.54) is 5.56 Å². The van der Waals surface area contributed by atoms with Crippen molar-refractivity contribution in [2.24, 2.45) is 5.41 Å². The summed E-state index contributed by atoms with van der Waals surface area (Å²) in [6.07, 6.45) is 6.22. The number of amides is 1. The lowest BCUT2D eigenvalue weighted by molar-refractivity contribution is -0.145. The number of methoxy groups -OCH3 is 2. The van der Waals surface area contributed by atoms with Crippen LogP contribution in [0.1, 0.15) is 42.5 Å². The minimum absolute atomic E-state index is 0.0205. The Kier molecular flexibility index (Phi) is 7.23. The number of fused-ring (bicyclic) bond motifs is 2. The first kappa shape index (κ1) is 24.1. The van der Waals surface area contributed by atoms with Crippen LogP contribution in [-0.2, 0) is 36.7 Å². The van der Waals surface area contributed by atoms with Crippen LogP contribution >= 0.6 is 0 Å². The van der Waals surface area contributed by atoms with Crippen molar-refractivity contribution in [3.05, 3.63) is 29.1 Å². The van der Waals surface area contributed by atoms with Crippen LogP contribution in [0.3, 0.4) is 0 Å². The van der Waals surface area contributed by atoms with Crippen LogP contribution in [0, 0.1) is 12.3 Å². The molecule has 0 aromatic carbocycles. The number of hydrogen-bond donors (Lipinski definition) is 0. The van der Waals surface area contributed by atoms with E-state index in [1.54, 1.807) is 14.2 Å². The summed E-state index contributed by atoms with van der Waals surface area (Å²) >= 11 is 0. The average Bonchev–Trinajstić information content (AvgIpc) is 3.42. The van der Waals surface area contributed by atoms with Gasteiger partial charge in [-0.15, -0.1) is 0 Å². The van der Waals surface area contributed by atoms with Crippen LogP contribution in [-0.4, -0.2) is 98.7 Å². The van der Waals surface area contributed by atoms with Crippen molar-refractivity contribution in [2.75, 3.05) is 53.7 Å². The zero-order valence-corrected chi connectivity index (χ0v) is 20.8. The lowest BCUT2D eigenvalue weighted by Crippen LogP contribution is -2.54. The Bertz CT molecular complexity index is 882. The maximum Gasteiger partial charge on any atom is 0.231 e. The molecule has 188 valence electrons. The number of aryl methyl sites for hydroxylation is 1. The normalized spacial score (nSPS) is 33.2. The molecule has 4 heterocycles. The van der Waals surface area contributed by atoms with Gasteiger partial charge in [-0.05, 0) is 43.7 Å². The van der Waals surface area contributed by atoms with Gasteiger partial charge in [0.1, 0.15) is 0 Å². The fourth-order valence-corrected chi connectivity index (χ4v) is 6.72. The van der Waals surface area contributed by atoms with E-state index >= 15 is 0 Å². The van der Waals surface area contributed by atoms with Crippen LogP contribution in [0.4, 0.5) is 0 Å². The number of carbonyl (C=O) groups excluding carboxylic acids is 1. The molecule has 8 heteroatoms. The molecule has 0 N–H and O–H groups in total. The maximum atomic E-state index is 14.1. The van der Waals surface area contributed by atoms with Crippen LogP contribution in [0.2, 0.25) is 0 Å². The third kappa shape index (κ3) is 4.39. The minimum Gasteiger partial charge on any atom is -0.383 e. The molecule has 2 saturated heterocycles. The van der Waals surface area contributed by atoms with Crippen LogP contribution in [0.5, 0.6) is 0 Å². The van der Waals surface area contributed by atoms with Gasteiger partial charge in [0.15, 0.2) is 0 Å². The number of rotatable bonds is 7. The van der Waals surface area contributed by atoms with Gasteiger partial charge < -0.3 is 23.8 Å². The van der Waals surface area contributed by atoms with E-state index in [0.29, 0.717) is 26.4 Å². The lowest BCUT2D eigenvalue weighted by Gasteiger charge is -2.43. The van der Waals surface area contributed by atoms with Gasteiger partial charge in [0.2, 0.25) is 5.91 Å². The highest BCUT2D eigenvalue weighted by Gasteiger charge is 2.59. The quantitative estimate of drug-likeness (QED) is 0.599. The first-order valence-electron chi connectivity index (χ1n) is 12.8. The molecular formula is C26H39N3O5.